The molecule has 0 saturated carbocycles. The Kier molecular flexibility index (Phi) is 9.44. The highest BCUT2D eigenvalue weighted by molar-refractivity contribution is 7.91. The minimum Gasteiger partial charge on any atom is -0.383 e. The van der Waals surface area contributed by atoms with Crippen molar-refractivity contribution in [1.82, 2.24) is 15.1 Å². The number of hydrogen-bond donors (Lipinski definition) is 3. The van der Waals surface area contributed by atoms with Crippen molar-refractivity contribution < 1.29 is 26.7 Å². The molecule has 1 aromatic heterocycles. The average Bonchev–Trinajstić information content (AvgIpc) is 3.33. The molecular formula is C29H34F2N6O4S. The molecule has 1 heterocycles. The Morgan fingerprint density at radius 1 is 1.02 bits per heavy atom. The maximum absolute atomic E-state index is 13.8. The molecule has 3 N–H and O–H groups in total. The van der Waals surface area contributed by atoms with E-state index in [0.29, 0.717) is 41.4 Å². The van der Waals surface area contributed by atoms with Gasteiger partial charge in [0.05, 0.1) is 27.5 Å². The van der Waals surface area contributed by atoms with Gasteiger partial charge in [-0.1, -0.05) is 0 Å². The lowest BCUT2D eigenvalue weighted by Crippen LogP contribution is -2.37. The Balaban J connectivity index is 1.65. The van der Waals surface area contributed by atoms with Crippen molar-refractivity contribution in [2.75, 3.05) is 63.5 Å². The van der Waals surface area contributed by atoms with Crippen LogP contribution in [0.4, 0.5) is 26.0 Å². The molecular weight excluding hydrogens is 566 g/mol. The van der Waals surface area contributed by atoms with E-state index in [-0.39, 0.29) is 16.8 Å². The van der Waals surface area contributed by atoms with Crippen molar-refractivity contribution in [3.05, 3.63) is 71.8 Å². The third-order valence-electron chi connectivity index (χ3n) is 6.79. The lowest BCUT2D eigenvalue weighted by atomic mass is 10.1. The van der Waals surface area contributed by atoms with Crippen LogP contribution in [0.2, 0.25) is 0 Å². The normalized spacial score (nSPS) is 12.5. The van der Waals surface area contributed by atoms with Crippen LogP contribution in [0, 0.1) is 11.6 Å². The molecule has 0 saturated heterocycles. The van der Waals surface area contributed by atoms with Gasteiger partial charge in [-0.25, -0.2) is 17.2 Å². The number of sulfone groups is 1. The fourth-order valence-corrected chi connectivity index (χ4v) is 5.87. The molecule has 1 amide bonds. The van der Waals surface area contributed by atoms with Gasteiger partial charge in [0.25, 0.3) is 5.91 Å². The second-order valence-electron chi connectivity index (χ2n) is 10.2. The number of anilines is 3. The zero-order valence-corrected chi connectivity index (χ0v) is 24.9. The molecule has 4 aromatic rings. The number of carbonyl (C=O) groups is 1. The molecule has 0 radical (unpaired) electrons. The summed E-state index contributed by atoms with van der Waals surface area (Å²) in [6, 6.07) is 11.8. The Morgan fingerprint density at radius 3 is 2.40 bits per heavy atom. The van der Waals surface area contributed by atoms with E-state index in [1.54, 1.807) is 13.2 Å². The van der Waals surface area contributed by atoms with Crippen molar-refractivity contribution in [1.29, 1.82) is 0 Å². The smallest absolute Gasteiger partial charge is 0.258 e. The zero-order valence-electron chi connectivity index (χ0n) is 24.0. The van der Waals surface area contributed by atoms with Gasteiger partial charge in [0, 0.05) is 56.1 Å². The molecule has 224 valence electrons. The monoisotopic (exact) mass is 600 g/mol. The topological polar surface area (TPSA) is 120 Å². The van der Waals surface area contributed by atoms with Gasteiger partial charge in [0.1, 0.15) is 11.6 Å². The van der Waals surface area contributed by atoms with Crippen LogP contribution in [0.5, 0.6) is 0 Å². The van der Waals surface area contributed by atoms with Crippen LogP contribution in [-0.2, 0) is 14.6 Å². The van der Waals surface area contributed by atoms with Crippen LogP contribution in [0.1, 0.15) is 17.3 Å². The lowest BCUT2D eigenvalue weighted by Gasteiger charge is -2.30. The Morgan fingerprint density at radius 2 is 1.74 bits per heavy atom. The number of H-pyrrole nitrogens is 1. The number of benzene rings is 3. The molecule has 0 aliphatic rings. The third kappa shape index (κ3) is 6.86. The fourth-order valence-electron chi connectivity index (χ4n) is 4.54. The fraction of sp³-hybridized carbons (Fsp3) is 0.310. The van der Waals surface area contributed by atoms with Crippen LogP contribution in [0.25, 0.3) is 10.9 Å². The van der Waals surface area contributed by atoms with Gasteiger partial charge in [-0.05, 0) is 69.6 Å². The third-order valence-corrected chi connectivity index (χ3v) is 8.52. The molecule has 0 bridgehead atoms. The van der Waals surface area contributed by atoms with Crippen LogP contribution in [0.15, 0.2) is 64.4 Å². The maximum atomic E-state index is 13.8. The molecule has 1 unspecified atom stereocenters. The maximum Gasteiger partial charge on any atom is 0.258 e. The molecule has 4 rings (SSSR count). The number of amides is 1. The molecule has 3 aromatic carbocycles. The summed E-state index contributed by atoms with van der Waals surface area (Å²) >= 11 is 0. The number of nitrogens with zero attached hydrogens (tertiary/aromatic N) is 3. The highest BCUT2D eigenvalue weighted by atomic mass is 32.2. The Bertz CT molecular complexity index is 1670. The van der Waals surface area contributed by atoms with E-state index in [2.05, 4.69) is 37.6 Å². The minimum absolute atomic E-state index is 0.0983. The van der Waals surface area contributed by atoms with Gasteiger partial charge in [0.2, 0.25) is 9.84 Å². The highest BCUT2D eigenvalue weighted by Gasteiger charge is 2.23. The van der Waals surface area contributed by atoms with Gasteiger partial charge in [-0.2, -0.15) is 5.10 Å². The number of carbonyl (C=O) groups excluding carboxylic acids is 1. The zero-order chi connectivity index (χ0) is 30.6. The molecule has 13 heteroatoms. The van der Waals surface area contributed by atoms with Gasteiger partial charge >= 0.3 is 0 Å². The summed E-state index contributed by atoms with van der Waals surface area (Å²) in [5.41, 5.74) is 2.30. The molecule has 42 heavy (non-hydrogen) atoms. The van der Waals surface area contributed by atoms with Crippen molar-refractivity contribution in [3.8, 4) is 0 Å². The number of ether oxygens (including phenoxy) is 1. The molecule has 0 aliphatic heterocycles. The van der Waals surface area contributed by atoms with Crippen LogP contribution < -0.4 is 15.5 Å². The number of rotatable bonds is 12. The number of hydrogen-bond acceptors (Lipinski definition) is 8. The second-order valence-corrected chi connectivity index (χ2v) is 12.2. The largest absolute Gasteiger partial charge is 0.383 e. The van der Waals surface area contributed by atoms with E-state index in [1.807, 2.05) is 33.3 Å². The predicted octanol–water partition coefficient (Wildman–Crippen LogP) is 4.37. The number of fused-ring (bicyclic) bond motifs is 1. The van der Waals surface area contributed by atoms with Gasteiger partial charge in [-0.15, -0.1) is 0 Å². The number of halogens is 2. The first-order valence-electron chi connectivity index (χ1n) is 13.2. The van der Waals surface area contributed by atoms with Crippen LogP contribution >= 0.6 is 0 Å². The van der Waals surface area contributed by atoms with E-state index in [4.69, 9.17) is 4.74 Å². The SMILES string of the molecule is COCCNc1cc(N(C)C(C)CN(C)C)ccc1C(=O)Nc1n[nH]c2ccc(S(=O)(=O)c3cc(F)cc(F)c3)cc12. The highest BCUT2D eigenvalue weighted by Crippen LogP contribution is 2.30. The summed E-state index contributed by atoms with van der Waals surface area (Å²) in [5.74, 6) is -2.39. The Hall–Kier alpha value is -4.07. The molecule has 0 fully saturated rings. The van der Waals surface area contributed by atoms with Crippen molar-refractivity contribution in [2.45, 2.75) is 22.8 Å². The Labute approximate surface area is 243 Å². The number of aromatic nitrogens is 2. The van der Waals surface area contributed by atoms with E-state index < -0.39 is 32.3 Å². The van der Waals surface area contributed by atoms with Gasteiger partial charge in [-0.3, -0.25) is 9.89 Å². The number of nitrogens with one attached hydrogen (secondary N) is 3. The van der Waals surface area contributed by atoms with E-state index in [9.17, 15) is 22.0 Å². The standard InChI is InChI=1S/C29H34F2N6O4S/c1-18(17-36(2)3)37(4)21-6-8-24(27(15-21)32-10-11-41-5)29(38)33-28-25-16-22(7-9-26(25)34-35-28)42(39,40)23-13-19(30)12-20(31)14-23/h6-9,12-16,18,32H,10-11,17H2,1-5H3,(H2,33,34,35,38). The first kappa shape index (κ1) is 30.9. The summed E-state index contributed by atoms with van der Waals surface area (Å²) in [6.07, 6.45) is 0. The summed E-state index contributed by atoms with van der Waals surface area (Å²) in [7, 11) is 3.33. The minimum atomic E-state index is -4.26. The summed E-state index contributed by atoms with van der Waals surface area (Å²) in [5, 5.41) is 13.2. The lowest BCUT2D eigenvalue weighted by molar-refractivity contribution is 0.102. The quantitative estimate of drug-likeness (QED) is 0.205. The van der Waals surface area contributed by atoms with E-state index >= 15 is 0 Å². The number of aromatic amines is 1. The number of methoxy groups -OCH3 is 1. The number of likely N-dealkylation sites (N-methyl/N-ethyl adjacent to an activating group) is 2. The molecule has 0 aliphatic carbocycles. The van der Waals surface area contributed by atoms with E-state index in [1.165, 1.54) is 18.2 Å². The molecule has 10 nitrogen and oxygen atoms in total. The van der Waals surface area contributed by atoms with Crippen molar-refractivity contribution >= 4 is 43.8 Å². The molecule has 1 atom stereocenters. The van der Waals surface area contributed by atoms with E-state index in [0.717, 1.165) is 24.4 Å². The average molecular weight is 601 g/mol. The molecule has 0 spiro atoms. The van der Waals surface area contributed by atoms with Crippen LogP contribution in [0.3, 0.4) is 0 Å². The first-order chi connectivity index (χ1) is 19.9. The summed E-state index contributed by atoms with van der Waals surface area (Å²) < 4.78 is 59.0. The van der Waals surface area contributed by atoms with Crippen molar-refractivity contribution in [2.24, 2.45) is 0 Å². The summed E-state index contributed by atoms with van der Waals surface area (Å²) in [6.45, 7) is 3.84. The predicted molar refractivity (Wildman–Crippen MR) is 159 cm³/mol. The van der Waals surface area contributed by atoms with Crippen molar-refractivity contribution in [3.63, 3.8) is 0 Å². The second kappa shape index (κ2) is 12.8. The van der Waals surface area contributed by atoms with Crippen LogP contribution in [-0.4, -0.2) is 83.4 Å². The first-order valence-corrected chi connectivity index (χ1v) is 14.6. The van der Waals surface area contributed by atoms with Gasteiger partial charge in [0.15, 0.2) is 5.82 Å². The van der Waals surface area contributed by atoms with Gasteiger partial charge < -0.3 is 25.2 Å². The summed E-state index contributed by atoms with van der Waals surface area (Å²) in [4.78, 5) is 17.0.